The minimum absolute atomic E-state index is 0.0792. The highest BCUT2D eigenvalue weighted by Gasteiger charge is 2.20. The number of oxime groups is 1. The van der Waals surface area contributed by atoms with Crippen molar-refractivity contribution in [3.63, 3.8) is 0 Å². The van der Waals surface area contributed by atoms with Crippen molar-refractivity contribution in [1.82, 2.24) is 9.80 Å². The van der Waals surface area contributed by atoms with E-state index < -0.39 is 5.97 Å². The van der Waals surface area contributed by atoms with Gasteiger partial charge in [0.25, 0.3) is 0 Å². The van der Waals surface area contributed by atoms with E-state index in [1.807, 2.05) is 23.9 Å². The van der Waals surface area contributed by atoms with E-state index in [0.29, 0.717) is 5.96 Å². The quantitative estimate of drug-likeness (QED) is 0.447. The molecule has 0 radical (unpaired) electrons. The summed E-state index contributed by atoms with van der Waals surface area (Å²) in [7, 11) is 5.22. The molecule has 1 saturated heterocycles. The Bertz CT molecular complexity index is 230. The molecule has 1 fully saturated rings. The van der Waals surface area contributed by atoms with Crippen molar-refractivity contribution in [3.8, 4) is 0 Å². The SMILES string of the molecule is COCC(=O)ON=C1N(C)CCN1C. The molecule has 1 rings (SSSR count). The Morgan fingerprint density at radius 2 is 2.00 bits per heavy atom. The van der Waals surface area contributed by atoms with Crippen molar-refractivity contribution in [3.05, 3.63) is 0 Å². The van der Waals surface area contributed by atoms with Crippen LogP contribution in [0.5, 0.6) is 0 Å². The standard InChI is InChI=1S/C8H15N3O3/c1-10-4-5-11(2)8(10)9-14-7(12)6-13-3/h4-6H2,1-3H3. The van der Waals surface area contributed by atoms with Crippen LogP contribution in [0.4, 0.5) is 0 Å². The highest BCUT2D eigenvalue weighted by Crippen LogP contribution is 2.03. The summed E-state index contributed by atoms with van der Waals surface area (Å²) >= 11 is 0. The van der Waals surface area contributed by atoms with E-state index in [-0.39, 0.29) is 6.61 Å². The summed E-state index contributed by atoms with van der Waals surface area (Å²) in [4.78, 5) is 19.4. The number of guanidine groups is 1. The van der Waals surface area contributed by atoms with Gasteiger partial charge in [-0.3, -0.25) is 0 Å². The van der Waals surface area contributed by atoms with Gasteiger partial charge in [-0.05, 0) is 5.16 Å². The first kappa shape index (κ1) is 10.8. The van der Waals surface area contributed by atoms with Crippen LogP contribution in [0.25, 0.3) is 0 Å². The van der Waals surface area contributed by atoms with Crippen molar-refractivity contribution >= 4 is 11.9 Å². The van der Waals surface area contributed by atoms with Crippen LogP contribution in [0.1, 0.15) is 0 Å². The van der Waals surface area contributed by atoms with E-state index in [4.69, 9.17) is 0 Å². The van der Waals surface area contributed by atoms with Gasteiger partial charge < -0.3 is 19.4 Å². The van der Waals surface area contributed by atoms with Gasteiger partial charge in [-0.25, -0.2) is 4.79 Å². The maximum Gasteiger partial charge on any atom is 0.360 e. The van der Waals surface area contributed by atoms with Crippen LogP contribution in [0.15, 0.2) is 5.16 Å². The molecule has 0 aliphatic carbocycles. The molecule has 1 aliphatic rings. The Balaban J connectivity index is 2.46. The number of nitrogens with zero attached hydrogens (tertiary/aromatic N) is 3. The minimum atomic E-state index is -0.492. The topological polar surface area (TPSA) is 54.4 Å². The average molecular weight is 201 g/mol. The molecule has 6 heteroatoms. The molecule has 0 unspecified atom stereocenters. The second kappa shape index (κ2) is 4.80. The van der Waals surface area contributed by atoms with Crippen LogP contribution < -0.4 is 0 Å². The molecule has 0 N–H and O–H groups in total. The van der Waals surface area contributed by atoms with Crippen LogP contribution in [0, 0.1) is 0 Å². The molecule has 0 bridgehead atoms. The molecule has 14 heavy (non-hydrogen) atoms. The summed E-state index contributed by atoms with van der Waals surface area (Å²) in [6.07, 6.45) is 0. The van der Waals surface area contributed by atoms with Crippen LogP contribution in [-0.2, 0) is 14.4 Å². The lowest BCUT2D eigenvalue weighted by Crippen LogP contribution is -2.29. The van der Waals surface area contributed by atoms with Gasteiger partial charge in [-0.2, -0.15) is 0 Å². The lowest BCUT2D eigenvalue weighted by atomic mass is 10.6. The van der Waals surface area contributed by atoms with Gasteiger partial charge in [0, 0.05) is 34.3 Å². The number of carbonyl (C=O) groups is 1. The van der Waals surface area contributed by atoms with Crippen molar-refractivity contribution < 1.29 is 14.4 Å². The van der Waals surface area contributed by atoms with Gasteiger partial charge in [0.1, 0.15) is 6.61 Å². The second-order valence-electron chi connectivity index (χ2n) is 3.13. The fourth-order valence-electron chi connectivity index (χ4n) is 1.17. The summed E-state index contributed by atoms with van der Waals surface area (Å²) in [5.41, 5.74) is 0. The predicted molar refractivity (Wildman–Crippen MR) is 50.7 cm³/mol. The van der Waals surface area contributed by atoms with Gasteiger partial charge in [-0.1, -0.05) is 0 Å². The number of rotatable bonds is 3. The van der Waals surface area contributed by atoms with Gasteiger partial charge in [0.05, 0.1) is 0 Å². The van der Waals surface area contributed by atoms with E-state index in [1.54, 1.807) is 0 Å². The van der Waals surface area contributed by atoms with Crippen molar-refractivity contribution in [2.24, 2.45) is 5.16 Å². The number of hydrogen-bond donors (Lipinski definition) is 0. The fourth-order valence-corrected chi connectivity index (χ4v) is 1.17. The molecule has 1 aliphatic heterocycles. The smallest absolute Gasteiger partial charge is 0.360 e. The number of likely N-dealkylation sites (N-methyl/N-ethyl adjacent to an activating group) is 2. The molecule has 0 aromatic carbocycles. The van der Waals surface area contributed by atoms with Crippen LogP contribution >= 0.6 is 0 Å². The lowest BCUT2D eigenvalue weighted by molar-refractivity contribution is -0.148. The Labute approximate surface area is 83.0 Å². The molecule has 0 aromatic rings. The van der Waals surface area contributed by atoms with Crippen LogP contribution in [0.2, 0.25) is 0 Å². The highest BCUT2D eigenvalue weighted by molar-refractivity contribution is 5.82. The van der Waals surface area contributed by atoms with E-state index >= 15 is 0 Å². The fraction of sp³-hybridized carbons (Fsp3) is 0.750. The zero-order valence-corrected chi connectivity index (χ0v) is 8.69. The van der Waals surface area contributed by atoms with E-state index in [9.17, 15) is 4.79 Å². The van der Waals surface area contributed by atoms with Gasteiger partial charge in [-0.15, -0.1) is 0 Å². The molecule has 80 valence electrons. The molecule has 0 atom stereocenters. The predicted octanol–water partition coefficient (Wildman–Crippen LogP) is -0.676. The zero-order chi connectivity index (χ0) is 10.6. The Hall–Kier alpha value is -1.30. The molecule has 0 spiro atoms. The van der Waals surface area contributed by atoms with E-state index in [1.165, 1.54) is 7.11 Å². The number of methoxy groups -OCH3 is 1. The monoisotopic (exact) mass is 201 g/mol. The van der Waals surface area contributed by atoms with Gasteiger partial charge in [0.2, 0.25) is 5.96 Å². The maximum atomic E-state index is 10.9. The first-order valence-electron chi connectivity index (χ1n) is 4.34. The first-order chi connectivity index (χ1) is 6.65. The minimum Gasteiger partial charge on any atom is -0.373 e. The van der Waals surface area contributed by atoms with Gasteiger partial charge in [0.15, 0.2) is 0 Å². The third-order valence-corrected chi connectivity index (χ3v) is 1.94. The summed E-state index contributed by atoms with van der Waals surface area (Å²) in [6, 6.07) is 0. The number of ether oxygens (including phenoxy) is 1. The second-order valence-corrected chi connectivity index (χ2v) is 3.13. The van der Waals surface area contributed by atoms with E-state index in [0.717, 1.165) is 13.1 Å². The third-order valence-electron chi connectivity index (χ3n) is 1.94. The Morgan fingerprint density at radius 1 is 1.43 bits per heavy atom. The molecular formula is C8H15N3O3. The average Bonchev–Trinajstić information content (AvgIpc) is 2.44. The van der Waals surface area contributed by atoms with Crippen molar-refractivity contribution in [2.45, 2.75) is 0 Å². The summed E-state index contributed by atoms with van der Waals surface area (Å²) in [6.45, 7) is 1.69. The first-order valence-corrected chi connectivity index (χ1v) is 4.34. The Kier molecular flexibility index (Phi) is 3.70. The molecule has 1 heterocycles. The summed E-state index contributed by atoms with van der Waals surface area (Å²) in [5, 5.41) is 3.74. The third kappa shape index (κ3) is 2.59. The molecule has 6 nitrogen and oxygen atoms in total. The molecule has 0 amide bonds. The van der Waals surface area contributed by atoms with Crippen LogP contribution in [-0.4, -0.2) is 62.6 Å². The van der Waals surface area contributed by atoms with Crippen molar-refractivity contribution in [2.75, 3.05) is 40.9 Å². The van der Waals surface area contributed by atoms with E-state index in [2.05, 4.69) is 14.7 Å². The maximum absolute atomic E-state index is 10.9. The van der Waals surface area contributed by atoms with Crippen LogP contribution in [0.3, 0.4) is 0 Å². The number of carbonyl (C=O) groups excluding carboxylic acids is 1. The van der Waals surface area contributed by atoms with Gasteiger partial charge >= 0.3 is 5.97 Å². The highest BCUT2D eigenvalue weighted by atomic mass is 16.7. The molecule has 0 aromatic heterocycles. The normalized spacial score (nSPS) is 16.1. The summed E-state index contributed by atoms with van der Waals surface area (Å²) < 4.78 is 4.60. The lowest BCUT2D eigenvalue weighted by Gasteiger charge is -2.13. The summed E-state index contributed by atoms with van der Waals surface area (Å²) in [5.74, 6) is 0.170. The van der Waals surface area contributed by atoms with Crippen molar-refractivity contribution in [1.29, 1.82) is 0 Å². The number of hydrogen-bond acceptors (Lipinski definition) is 4. The Morgan fingerprint density at radius 3 is 2.50 bits per heavy atom. The largest absolute Gasteiger partial charge is 0.373 e. The zero-order valence-electron chi connectivity index (χ0n) is 8.69. The molecule has 0 saturated carbocycles. The molecular weight excluding hydrogens is 186 g/mol.